The van der Waals surface area contributed by atoms with Gasteiger partial charge in [-0.25, -0.2) is 0 Å². The second kappa shape index (κ2) is 8.73. The van der Waals surface area contributed by atoms with Crippen molar-refractivity contribution < 1.29 is 9.63 Å². The molecule has 2 aromatic rings. The van der Waals surface area contributed by atoms with Crippen molar-refractivity contribution in [3.63, 3.8) is 0 Å². The first-order chi connectivity index (χ1) is 11.2. The van der Waals surface area contributed by atoms with Crippen LogP contribution in [0, 0.1) is 0 Å². The zero-order chi connectivity index (χ0) is 16.5. The van der Waals surface area contributed by atoms with E-state index < -0.39 is 0 Å². The van der Waals surface area contributed by atoms with Crippen molar-refractivity contribution in [2.24, 2.45) is 5.16 Å². The van der Waals surface area contributed by atoms with Gasteiger partial charge in [0.15, 0.2) is 6.61 Å². The predicted molar refractivity (Wildman–Crippen MR) is 92.4 cm³/mol. The van der Waals surface area contributed by atoms with Crippen LogP contribution in [0.3, 0.4) is 0 Å². The van der Waals surface area contributed by atoms with Crippen LogP contribution in [0.2, 0.25) is 0 Å². The first-order valence-corrected chi connectivity index (χ1v) is 7.77. The van der Waals surface area contributed by atoms with Gasteiger partial charge in [0.05, 0.1) is 12.3 Å². The summed E-state index contributed by atoms with van der Waals surface area (Å²) in [5.74, 6) is -0.195. The molecule has 1 atom stereocenters. The lowest BCUT2D eigenvalue weighted by molar-refractivity contribution is -0.126. The molecule has 2 aromatic carbocycles. The van der Waals surface area contributed by atoms with E-state index in [9.17, 15) is 4.79 Å². The molecule has 0 aliphatic heterocycles. The average Bonchev–Trinajstić information content (AvgIpc) is 2.60. The van der Waals surface area contributed by atoms with Gasteiger partial charge in [0, 0.05) is 0 Å². The molecule has 4 nitrogen and oxygen atoms in total. The van der Waals surface area contributed by atoms with Crippen LogP contribution in [0.25, 0.3) is 0 Å². The minimum Gasteiger partial charge on any atom is -0.386 e. The van der Waals surface area contributed by atoms with Crippen molar-refractivity contribution in [3.05, 3.63) is 71.3 Å². The van der Waals surface area contributed by atoms with E-state index >= 15 is 0 Å². The number of nitrogens with one attached hydrogen (secondary N) is 1. The Balaban J connectivity index is 1.74. The van der Waals surface area contributed by atoms with Crippen molar-refractivity contribution in [2.75, 3.05) is 6.61 Å². The zero-order valence-corrected chi connectivity index (χ0v) is 13.5. The lowest BCUT2D eigenvalue weighted by Crippen LogP contribution is -2.29. The lowest BCUT2D eigenvalue weighted by Gasteiger charge is -2.13. The monoisotopic (exact) mass is 310 g/mol. The molecule has 0 spiro atoms. The highest BCUT2D eigenvalue weighted by molar-refractivity contribution is 5.80. The Morgan fingerprint density at radius 1 is 1.17 bits per heavy atom. The lowest BCUT2D eigenvalue weighted by atomic mass is 10.1. The van der Waals surface area contributed by atoms with Crippen LogP contribution in [0.4, 0.5) is 0 Å². The van der Waals surface area contributed by atoms with E-state index in [0.29, 0.717) is 0 Å². The van der Waals surface area contributed by atoms with Crippen molar-refractivity contribution in [2.45, 2.75) is 26.3 Å². The fourth-order valence-electron chi connectivity index (χ4n) is 2.14. The predicted octanol–water partition coefficient (Wildman–Crippen LogP) is 3.48. The van der Waals surface area contributed by atoms with Crippen LogP contribution in [0.5, 0.6) is 0 Å². The summed E-state index contributed by atoms with van der Waals surface area (Å²) >= 11 is 0. The highest BCUT2D eigenvalue weighted by Crippen LogP contribution is 2.10. The second-order valence-electron chi connectivity index (χ2n) is 5.30. The Bertz CT molecular complexity index is 636. The van der Waals surface area contributed by atoms with E-state index in [-0.39, 0.29) is 18.6 Å². The number of amides is 1. The molecule has 0 radical (unpaired) electrons. The summed E-state index contributed by atoms with van der Waals surface area (Å²) in [6.45, 7) is 3.95. The molecule has 0 heterocycles. The van der Waals surface area contributed by atoms with Crippen molar-refractivity contribution >= 4 is 12.1 Å². The normalized spacial score (nSPS) is 12.1. The van der Waals surface area contributed by atoms with Gasteiger partial charge >= 0.3 is 0 Å². The van der Waals surface area contributed by atoms with Crippen LogP contribution in [0.15, 0.2) is 59.8 Å². The summed E-state index contributed by atoms with van der Waals surface area (Å²) < 4.78 is 0. The van der Waals surface area contributed by atoms with Gasteiger partial charge in [-0.05, 0) is 30.0 Å². The summed E-state index contributed by atoms with van der Waals surface area (Å²) in [5.41, 5.74) is 3.28. The number of hydrogen-bond donors (Lipinski definition) is 1. The van der Waals surface area contributed by atoms with Gasteiger partial charge < -0.3 is 10.2 Å². The Morgan fingerprint density at radius 3 is 2.52 bits per heavy atom. The average molecular weight is 310 g/mol. The number of oxime groups is 1. The number of carbonyl (C=O) groups excluding carboxylic acids is 1. The molecule has 0 unspecified atom stereocenters. The molecule has 0 bridgehead atoms. The topological polar surface area (TPSA) is 50.7 Å². The number of carbonyl (C=O) groups is 1. The molecule has 0 aliphatic rings. The summed E-state index contributed by atoms with van der Waals surface area (Å²) in [6, 6.07) is 17.8. The molecular weight excluding hydrogens is 288 g/mol. The quantitative estimate of drug-likeness (QED) is 0.629. The minimum atomic E-state index is -0.195. The van der Waals surface area contributed by atoms with E-state index in [4.69, 9.17) is 4.84 Å². The largest absolute Gasteiger partial charge is 0.386 e. The standard InChI is InChI=1S/C19H22N2O2/c1-3-16-9-11-17(12-10-16)13-20-23-14-19(22)21-15(2)18-7-5-4-6-8-18/h4-13,15H,3,14H2,1-2H3,(H,21,22)/b20-13-/t15-/m0/s1. The molecule has 0 aliphatic carbocycles. The molecule has 0 fully saturated rings. The van der Waals surface area contributed by atoms with Gasteiger partial charge in [-0.3, -0.25) is 4.79 Å². The summed E-state index contributed by atoms with van der Waals surface area (Å²) in [4.78, 5) is 16.9. The number of hydrogen-bond acceptors (Lipinski definition) is 3. The second-order valence-corrected chi connectivity index (χ2v) is 5.30. The molecule has 0 saturated heterocycles. The van der Waals surface area contributed by atoms with Gasteiger partial charge in [-0.1, -0.05) is 66.7 Å². The molecule has 23 heavy (non-hydrogen) atoms. The third-order valence-electron chi connectivity index (χ3n) is 3.54. The maximum atomic E-state index is 11.8. The number of benzene rings is 2. The molecular formula is C19H22N2O2. The Kier molecular flexibility index (Phi) is 6.36. The molecule has 0 saturated carbocycles. The maximum Gasteiger partial charge on any atom is 0.261 e. The highest BCUT2D eigenvalue weighted by atomic mass is 16.6. The molecule has 1 N–H and O–H groups in total. The first kappa shape index (κ1) is 16.7. The van der Waals surface area contributed by atoms with Crippen LogP contribution < -0.4 is 5.32 Å². The molecule has 2 rings (SSSR count). The van der Waals surface area contributed by atoms with Crippen LogP contribution in [-0.2, 0) is 16.1 Å². The SMILES string of the molecule is CCc1ccc(/C=N\OCC(=O)N[C@@H](C)c2ccccc2)cc1. The summed E-state index contributed by atoms with van der Waals surface area (Å²) in [5, 5.41) is 6.70. The first-order valence-electron chi connectivity index (χ1n) is 7.77. The Morgan fingerprint density at radius 2 is 1.87 bits per heavy atom. The molecule has 4 heteroatoms. The van der Waals surface area contributed by atoms with Crippen LogP contribution in [0.1, 0.15) is 36.6 Å². The number of nitrogens with zero attached hydrogens (tertiary/aromatic N) is 1. The fraction of sp³-hybridized carbons (Fsp3) is 0.263. The van der Waals surface area contributed by atoms with E-state index in [1.165, 1.54) is 5.56 Å². The van der Waals surface area contributed by atoms with E-state index in [0.717, 1.165) is 17.5 Å². The highest BCUT2D eigenvalue weighted by Gasteiger charge is 2.09. The van der Waals surface area contributed by atoms with Gasteiger partial charge in [-0.15, -0.1) is 0 Å². The van der Waals surface area contributed by atoms with Crippen molar-refractivity contribution in [1.29, 1.82) is 0 Å². The summed E-state index contributed by atoms with van der Waals surface area (Å²) in [7, 11) is 0. The van der Waals surface area contributed by atoms with Crippen LogP contribution in [-0.4, -0.2) is 18.7 Å². The Labute approximate surface area is 137 Å². The summed E-state index contributed by atoms with van der Waals surface area (Å²) in [6.07, 6.45) is 2.61. The number of aryl methyl sites for hydroxylation is 1. The zero-order valence-electron chi connectivity index (χ0n) is 13.5. The van der Waals surface area contributed by atoms with Crippen molar-refractivity contribution in [3.8, 4) is 0 Å². The molecule has 1 amide bonds. The van der Waals surface area contributed by atoms with Gasteiger partial charge in [0.1, 0.15) is 0 Å². The van der Waals surface area contributed by atoms with E-state index in [1.54, 1.807) is 6.21 Å². The van der Waals surface area contributed by atoms with E-state index in [2.05, 4.69) is 29.5 Å². The third-order valence-corrected chi connectivity index (χ3v) is 3.54. The number of rotatable bonds is 7. The van der Waals surface area contributed by atoms with Gasteiger partial charge in [-0.2, -0.15) is 0 Å². The van der Waals surface area contributed by atoms with Gasteiger partial charge in [0.25, 0.3) is 5.91 Å². The van der Waals surface area contributed by atoms with E-state index in [1.807, 2.05) is 49.4 Å². The fourth-order valence-corrected chi connectivity index (χ4v) is 2.14. The van der Waals surface area contributed by atoms with Crippen molar-refractivity contribution in [1.82, 2.24) is 5.32 Å². The van der Waals surface area contributed by atoms with Gasteiger partial charge in [0.2, 0.25) is 0 Å². The third kappa shape index (κ3) is 5.58. The smallest absolute Gasteiger partial charge is 0.261 e. The maximum absolute atomic E-state index is 11.8. The Hall–Kier alpha value is -2.62. The molecule has 0 aromatic heterocycles. The molecule has 120 valence electrons. The minimum absolute atomic E-state index is 0.0575. The van der Waals surface area contributed by atoms with Crippen LogP contribution >= 0.6 is 0 Å².